The average molecular weight is 250 g/mol. The van der Waals surface area contributed by atoms with E-state index in [-0.39, 0.29) is 17.4 Å². The van der Waals surface area contributed by atoms with Crippen molar-refractivity contribution < 1.29 is 4.79 Å². The third kappa shape index (κ3) is 2.40. The Balaban J connectivity index is 2.27. The second-order valence-electron chi connectivity index (χ2n) is 6.06. The first kappa shape index (κ1) is 13.1. The summed E-state index contributed by atoms with van der Waals surface area (Å²) in [5.41, 5.74) is -0.339. The monoisotopic (exact) mass is 250 g/mol. The fourth-order valence-electron chi connectivity index (χ4n) is 2.47. The zero-order valence-corrected chi connectivity index (χ0v) is 11.7. The minimum Gasteiger partial charge on any atom is -0.332 e. The van der Waals surface area contributed by atoms with Crippen LogP contribution in [-0.4, -0.2) is 32.1 Å². The molecule has 1 fully saturated rings. The standard InChI is InChI=1S/C13H22N4O/c1-13(2,3)12(18)17-8-6-5-7-10(17)11-15-14-9-16(11)4/h9-10H,5-8H2,1-4H3. The summed E-state index contributed by atoms with van der Waals surface area (Å²) in [6.07, 6.45) is 4.90. The van der Waals surface area contributed by atoms with Gasteiger partial charge in [-0.25, -0.2) is 0 Å². The minimum atomic E-state index is -0.339. The highest BCUT2D eigenvalue weighted by atomic mass is 16.2. The van der Waals surface area contributed by atoms with Gasteiger partial charge in [0.2, 0.25) is 5.91 Å². The van der Waals surface area contributed by atoms with Crippen molar-refractivity contribution in [2.24, 2.45) is 12.5 Å². The Bertz CT molecular complexity index is 432. The number of carbonyl (C=O) groups is 1. The third-order valence-electron chi connectivity index (χ3n) is 3.45. The van der Waals surface area contributed by atoms with Crippen molar-refractivity contribution in [3.8, 4) is 0 Å². The SMILES string of the molecule is Cn1cnnc1C1CCCCN1C(=O)C(C)(C)C. The average Bonchev–Trinajstić information content (AvgIpc) is 2.73. The number of rotatable bonds is 1. The van der Waals surface area contributed by atoms with Crippen LogP contribution < -0.4 is 0 Å². The van der Waals surface area contributed by atoms with Gasteiger partial charge in [0, 0.05) is 19.0 Å². The van der Waals surface area contributed by atoms with E-state index in [1.165, 1.54) is 0 Å². The van der Waals surface area contributed by atoms with Gasteiger partial charge < -0.3 is 9.47 Å². The van der Waals surface area contributed by atoms with Crippen LogP contribution in [0.2, 0.25) is 0 Å². The summed E-state index contributed by atoms with van der Waals surface area (Å²) in [5, 5.41) is 8.10. The van der Waals surface area contributed by atoms with Crippen LogP contribution in [0.5, 0.6) is 0 Å². The third-order valence-corrected chi connectivity index (χ3v) is 3.45. The molecule has 0 saturated carbocycles. The molecule has 0 spiro atoms. The normalized spacial score (nSPS) is 21.1. The van der Waals surface area contributed by atoms with Gasteiger partial charge in [-0.1, -0.05) is 20.8 Å². The number of carbonyl (C=O) groups excluding carboxylic acids is 1. The molecular weight excluding hydrogens is 228 g/mol. The first-order valence-electron chi connectivity index (χ1n) is 6.56. The molecule has 0 N–H and O–H groups in total. The van der Waals surface area contributed by atoms with Crippen LogP contribution in [0.3, 0.4) is 0 Å². The van der Waals surface area contributed by atoms with Crippen LogP contribution in [0, 0.1) is 5.41 Å². The fraction of sp³-hybridized carbons (Fsp3) is 0.769. The molecule has 0 aliphatic carbocycles. The highest BCUT2D eigenvalue weighted by Crippen LogP contribution is 2.32. The van der Waals surface area contributed by atoms with Crippen LogP contribution in [0.4, 0.5) is 0 Å². The van der Waals surface area contributed by atoms with Gasteiger partial charge in [0.25, 0.3) is 0 Å². The number of aromatic nitrogens is 3. The zero-order valence-electron chi connectivity index (χ0n) is 11.7. The highest BCUT2D eigenvalue weighted by Gasteiger charge is 2.35. The van der Waals surface area contributed by atoms with Crippen LogP contribution in [-0.2, 0) is 11.8 Å². The van der Waals surface area contributed by atoms with Crippen molar-refractivity contribution in [3.63, 3.8) is 0 Å². The van der Waals surface area contributed by atoms with Gasteiger partial charge in [-0.05, 0) is 19.3 Å². The van der Waals surface area contributed by atoms with E-state index in [9.17, 15) is 4.79 Å². The van der Waals surface area contributed by atoms with E-state index in [2.05, 4.69) is 10.2 Å². The van der Waals surface area contributed by atoms with Gasteiger partial charge in [0.1, 0.15) is 6.33 Å². The zero-order chi connectivity index (χ0) is 13.3. The molecule has 1 aliphatic heterocycles. The predicted octanol–water partition coefficient (Wildman–Crippen LogP) is 1.91. The van der Waals surface area contributed by atoms with Crippen molar-refractivity contribution in [2.45, 2.75) is 46.1 Å². The Morgan fingerprint density at radius 3 is 2.67 bits per heavy atom. The summed E-state index contributed by atoms with van der Waals surface area (Å²) in [4.78, 5) is 14.5. The topological polar surface area (TPSA) is 51.0 Å². The molecule has 2 heterocycles. The molecule has 1 saturated heterocycles. The van der Waals surface area contributed by atoms with Crippen LogP contribution in [0.25, 0.3) is 0 Å². The quantitative estimate of drug-likeness (QED) is 0.765. The Morgan fingerprint density at radius 2 is 2.11 bits per heavy atom. The molecule has 1 atom stereocenters. The van der Waals surface area contributed by atoms with E-state index in [1.54, 1.807) is 6.33 Å². The van der Waals surface area contributed by atoms with Crippen molar-refractivity contribution in [2.75, 3.05) is 6.54 Å². The van der Waals surface area contributed by atoms with E-state index in [4.69, 9.17) is 0 Å². The number of nitrogens with zero attached hydrogens (tertiary/aromatic N) is 4. The van der Waals surface area contributed by atoms with E-state index >= 15 is 0 Å². The first-order valence-corrected chi connectivity index (χ1v) is 6.56. The summed E-state index contributed by atoms with van der Waals surface area (Å²) < 4.78 is 1.92. The Hall–Kier alpha value is -1.39. The number of hydrogen-bond acceptors (Lipinski definition) is 3. The molecule has 0 aromatic carbocycles. The van der Waals surface area contributed by atoms with Gasteiger partial charge in [-0.3, -0.25) is 4.79 Å². The smallest absolute Gasteiger partial charge is 0.228 e. The van der Waals surface area contributed by atoms with Crippen molar-refractivity contribution in [3.05, 3.63) is 12.2 Å². The molecular formula is C13H22N4O. The van der Waals surface area contributed by atoms with Crippen molar-refractivity contribution in [1.82, 2.24) is 19.7 Å². The number of piperidine rings is 1. The molecule has 0 radical (unpaired) electrons. The maximum absolute atomic E-state index is 12.5. The summed E-state index contributed by atoms with van der Waals surface area (Å²) in [5.74, 6) is 1.10. The molecule has 1 aliphatic rings. The summed E-state index contributed by atoms with van der Waals surface area (Å²) in [7, 11) is 1.93. The lowest BCUT2D eigenvalue weighted by Crippen LogP contribution is -2.45. The Kier molecular flexibility index (Phi) is 3.41. The number of amides is 1. The molecule has 1 aromatic heterocycles. The molecule has 18 heavy (non-hydrogen) atoms. The summed E-state index contributed by atoms with van der Waals surface area (Å²) >= 11 is 0. The second-order valence-corrected chi connectivity index (χ2v) is 6.06. The van der Waals surface area contributed by atoms with Crippen molar-refractivity contribution in [1.29, 1.82) is 0 Å². The Labute approximate surface area is 108 Å². The predicted molar refractivity (Wildman–Crippen MR) is 68.8 cm³/mol. The van der Waals surface area contributed by atoms with Crippen LogP contribution in [0.1, 0.15) is 51.9 Å². The van der Waals surface area contributed by atoms with Gasteiger partial charge in [-0.15, -0.1) is 10.2 Å². The molecule has 2 rings (SSSR count). The maximum Gasteiger partial charge on any atom is 0.228 e. The Morgan fingerprint density at radius 1 is 1.39 bits per heavy atom. The number of hydrogen-bond donors (Lipinski definition) is 0. The van der Waals surface area contributed by atoms with Gasteiger partial charge >= 0.3 is 0 Å². The summed E-state index contributed by atoms with van der Waals surface area (Å²) in [6.45, 7) is 6.74. The van der Waals surface area contributed by atoms with Gasteiger partial charge in [0.05, 0.1) is 6.04 Å². The lowest BCUT2D eigenvalue weighted by molar-refractivity contribution is -0.143. The molecule has 1 unspecified atom stereocenters. The molecule has 1 aromatic rings. The van der Waals surface area contributed by atoms with E-state index in [0.29, 0.717) is 0 Å². The van der Waals surface area contributed by atoms with Crippen LogP contribution in [0.15, 0.2) is 6.33 Å². The number of likely N-dealkylation sites (tertiary alicyclic amines) is 1. The molecule has 5 heteroatoms. The molecule has 0 bridgehead atoms. The molecule has 1 amide bonds. The van der Waals surface area contributed by atoms with Gasteiger partial charge in [0.15, 0.2) is 5.82 Å². The molecule has 5 nitrogen and oxygen atoms in total. The molecule has 100 valence electrons. The van der Waals surface area contributed by atoms with Crippen molar-refractivity contribution >= 4 is 5.91 Å². The second kappa shape index (κ2) is 4.71. The fourth-order valence-corrected chi connectivity index (χ4v) is 2.47. The lowest BCUT2D eigenvalue weighted by Gasteiger charge is -2.38. The van der Waals surface area contributed by atoms with E-state index < -0.39 is 0 Å². The minimum absolute atomic E-state index is 0.0815. The lowest BCUT2D eigenvalue weighted by atomic mass is 9.91. The largest absolute Gasteiger partial charge is 0.332 e. The maximum atomic E-state index is 12.5. The number of aryl methyl sites for hydroxylation is 1. The summed E-state index contributed by atoms with van der Waals surface area (Å²) in [6, 6.07) is 0.0815. The highest BCUT2D eigenvalue weighted by molar-refractivity contribution is 5.82. The van der Waals surface area contributed by atoms with E-state index in [0.717, 1.165) is 31.6 Å². The van der Waals surface area contributed by atoms with Crippen LogP contribution >= 0.6 is 0 Å². The van der Waals surface area contributed by atoms with Gasteiger partial charge in [-0.2, -0.15) is 0 Å². The first-order chi connectivity index (χ1) is 8.41. The van der Waals surface area contributed by atoms with E-state index in [1.807, 2.05) is 37.3 Å².